The Hall–Kier alpha value is -4.16. The number of unbranched alkanes of at least 4 members (excludes halogenated alkanes) is 1. The van der Waals surface area contributed by atoms with Crippen LogP contribution >= 0.6 is 0 Å². The molecule has 0 unspecified atom stereocenters. The van der Waals surface area contributed by atoms with Crippen molar-refractivity contribution in [2.24, 2.45) is 11.5 Å². The molecule has 2 aromatic carbocycles. The number of aryl methyl sites for hydroxylation is 2. The predicted molar refractivity (Wildman–Crippen MR) is 141 cm³/mol. The third-order valence-corrected chi connectivity index (χ3v) is 6.81. The van der Waals surface area contributed by atoms with Crippen LogP contribution in [0, 0.1) is 0 Å². The summed E-state index contributed by atoms with van der Waals surface area (Å²) in [5.74, 6) is -0.218. The quantitative estimate of drug-likeness (QED) is 0.243. The number of hydrogen-bond donors (Lipinski definition) is 4. The van der Waals surface area contributed by atoms with Crippen LogP contribution in [0.3, 0.4) is 0 Å². The zero-order valence-electron chi connectivity index (χ0n) is 20.5. The fraction of sp³-hybridized carbons (Fsp3) is 0.360. The summed E-state index contributed by atoms with van der Waals surface area (Å²) in [6.45, 7) is 4.92. The minimum atomic E-state index is -0.504. The Kier molecular flexibility index (Phi) is 6.68. The van der Waals surface area contributed by atoms with Gasteiger partial charge in [0.1, 0.15) is 0 Å². The first-order valence-electron chi connectivity index (χ1n) is 12.3. The van der Waals surface area contributed by atoms with E-state index >= 15 is 0 Å². The number of primary amides is 2. The van der Waals surface area contributed by atoms with E-state index in [4.69, 9.17) is 27.7 Å². The fourth-order valence-electron chi connectivity index (χ4n) is 4.94. The van der Waals surface area contributed by atoms with Gasteiger partial charge in [-0.2, -0.15) is 0 Å². The molecule has 2 amide bonds. The highest BCUT2D eigenvalue weighted by Crippen LogP contribution is 2.27. The SMILES string of the molecule is NC(=O)c1ccc2c(c1)nc(N)n2CCCCn1c(N)nc2cc(C(N)=O)cc(CN3CCOCC3)c21. The molecule has 0 radical (unpaired) electrons. The molecule has 0 aliphatic carbocycles. The highest BCUT2D eigenvalue weighted by Gasteiger charge is 2.19. The summed E-state index contributed by atoms with van der Waals surface area (Å²) in [4.78, 5) is 34.6. The molecule has 12 nitrogen and oxygen atoms in total. The Morgan fingerprint density at radius 2 is 1.46 bits per heavy atom. The van der Waals surface area contributed by atoms with E-state index < -0.39 is 11.8 Å². The van der Waals surface area contributed by atoms with Crippen LogP contribution in [-0.2, 0) is 24.4 Å². The fourth-order valence-corrected chi connectivity index (χ4v) is 4.94. The maximum atomic E-state index is 12.0. The van der Waals surface area contributed by atoms with E-state index in [1.165, 1.54) is 0 Å². The summed E-state index contributed by atoms with van der Waals surface area (Å²) in [5.41, 5.74) is 28.3. The highest BCUT2D eigenvalue weighted by atomic mass is 16.5. The number of benzene rings is 2. The van der Waals surface area contributed by atoms with Crippen LogP contribution in [0.4, 0.5) is 11.9 Å². The smallest absolute Gasteiger partial charge is 0.248 e. The van der Waals surface area contributed by atoms with Gasteiger partial charge in [-0.3, -0.25) is 14.5 Å². The molecule has 8 N–H and O–H groups in total. The Labute approximate surface area is 213 Å². The monoisotopic (exact) mass is 505 g/mol. The molecular formula is C25H31N9O3. The van der Waals surface area contributed by atoms with Gasteiger partial charge in [0.15, 0.2) is 0 Å². The number of morpholine rings is 1. The van der Waals surface area contributed by atoms with Crippen molar-refractivity contribution in [3.8, 4) is 0 Å². The highest BCUT2D eigenvalue weighted by molar-refractivity contribution is 5.98. The Bertz CT molecular complexity index is 1480. The summed E-state index contributed by atoms with van der Waals surface area (Å²) in [7, 11) is 0. The summed E-state index contributed by atoms with van der Waals surface area (Å²) in [5, 5.41) is 0. The average molecular weight is 506 g/mol. The zero-order valence-corrected chi connectivity index (χ0v) is 20.5. The van der Waals surface area contributed by atoms with E-state index in [0.717, 1.165) is 42.5 Å². The van der Waals surface area contributed by atoms with E-state index in [2.05, 4.69) is 14.9 Å². The number of nitrogen functional groups attached to an aromatic ring is 2. The molecule has 3 heterocycles. The summed E-state index contributed by atoms with van der Waals surface area (Å²) < 4.78 is 9.41. The van der Waals surface area contributed by atoms with Gasteiger partial charge in [0.25, 0.3) is 0 Å². The zero-order chi connectivity index (χ0) is 26.1. The first kappa shape index (κ1) is 24.5. The van der Waals surface area contributed by atoms with Gasteiger partial charge in [-0.05, 0) is 48.7 Å². The molecule has 1 saturated heterocycles. The number of carbonyl (C=O) groups excluding carboxylic acids is 2. The molecular weight excluding hydrogens is 474 g/mol. The third-order valence-electron chi connectivity index (χ3n) is 6.81. The van der Waals surface area contributed by atoms with Gasteiger partial charge >= 0.3 is 0 Å². The van der Waals surface area contributed by atoms with Crippen molar-refractivity contribution in [3.05, 3.63) is 47.0 Å². The van der Waals surface area contributed by atoms with Gasteiger partial charge in [-0.25, -0.2) is 9.97 Å². The van der Waals surface area contributed by atoms with Gasteiger partial charge in [0, 0.05) is 43.9 Å². The van der Waals surface area contributed by atoms with Crippen LogP contribution < -0.4 is 22.9 Å². The van der Waals surface area contributed by atoms with Crippen molar-refractivity contribution in [3.63, 3.8) is 0 Å². The number of fused-ring (bicyclic) bond motifs is 2. The molecule has 2 aromatic heterocycles. The number of amides is 2. The number of imidazole rings is 2. The molecule has 12 heteroatoms. The molecule has 1 aliphatic rings. The standard InChI is InChI=1S/C25H31N9O3/c26-22(35)15-3-4-20-18(12-15)30-24(28)33(20)5-1-2-6-34-21-17(14-32-7-9-37-10-8-32)11-16(23(27)36)13-19(21)31-25(34)29/h3-4,11-13H,1-2,5-10,14H2,(H2,26,35)(H2,27,36)(H2,28,30)(H2,29,31). The van der Waals surface area contributed by atoms with E-state index in [9.17, 15) is 9.59 Å². The van der Waals surface area contributed by atoms with Crippen LogP contribution in [0.2, 0.25) is 0 Å². The van der Waals surface area contributed by atoms with Crippen LogP contribution in [0.15, 0.2) is 30.3 Å². The summed E-state index contributed by atoms with van der Waals surface area (Å²) in [6.07, 6.45) is 1.62. The molecule has 5 rings (SSSR count). The number of nitrogens with zero attached hydrogens (tertiary/aromatic N) is 5. The van der Waals surface area contributed by atoms with Crippen molar-refractivity contribution >= 4 is 45.8 Å². The lowest BCUT2D eigenvalue weighted by Crippen LogP contribution is -2.35. The van der Waals surface area contributed by atoms with Gasteiger partial charge in [0.2, 0.25) is 23.7 Å². The van der Waals surface area contributed by atoms with Crippen LogP contribution in [0.5, 0.6) is 0 Å². The third kappa shape index (κ3) is 4.93. The van der Waals surface area contributed by atoms with Gasteiger partial charge in [-0.1, -0.05) is 0 Å². The van der Waals surface area contributed by atoms with Gasteiger partial charge < -0.3 is 36.8 Å². The first-order chi connectivity index (χ1) is 17.8. The second-order valence-electron chi connectivity index (χ2n) is 9.27. The lowest BCUT2D eigenvalue weighted by Gasteiger charge is -2.27. The minimum Gasteiger partial charge on any atom is -0.379 e. The second-order valence-corrected chi connectivity index (χ2v) is 9.27. The Balaban J connectivity index is 1.35. The number of carbonyl (C=O) groups is 2. The van der Waals surface area contributed by atoms with Crippen molar-refractivity contribution in [1.82, 2.24) is 24.0 Å². The van der Waals surface area contributed by atoms with Crippen LogP contribution in [0.25, 0.3) is 22.1 Å². The number of aromatic nitrogens is 4. The summed E-state index contributed by atoms with van der Waals surface area (Å²) in [6, 6.07) is 8.69. The minimum absolute atomic E-state index is 0.385. The van der Waals surface area contributed by atoms with E-state index in [0.29, 0.717) is 66.9 Å². The van der Waals surface area contributed by atoms with Gasteiger partial charge in [-0.15, -0.1) is 0 Å². The van der Waals surface area contributed by atoms with E-state index in [-0.39, 0.29) is 0 Å². The largest absolute Gasteiger partial charge is 0.379 e. The number of hydrogen-bond acceptors (Lipinski definition) is 8. The normalized spacial score (nSPS) is 14.5. The first-order valence-corrected chi connectivity index (χ1v) is 12.3. The topological polar surface area (TPSA) is 186 Å². The van der Waals surface area contributed by atoms with Crippen LogP contribution in [-0.4, -0.2) is 62.1 Å². The number of anilines is 2. The molecule has 194 valence electrons. The molecule has 1 fully saturated rings. The molecule has 37 heavy (non-hydrogen) atoms. The number of rotatable bonds is 9. The maximum Gasteiger partial charge on any atom is 0.248 e. The molecule has 0 saturated carbocycles. The van der Waals surface area contributed by atoms with Crippen molar-refractivity contribution in [2.45, 2.75) is 32.5 Å². The predicted octanol–water partition coefficient (Wildman–Crippen LogP) is 1.06. The Morgan fingerprint density at radius 1 is 0.838 bits per heavy atom. The van der Waals surface area contributed by atoms with Crippen molar-refractivity contribution in [2.75, 3.05) is 37.8 Å². The van der Waals surface area contributed by atoms with Crippen LogP contribution in [0.1, 0.15) is 39.1 Å². The molecule has 0 atom stereocenters. The lowest BCUT2D eigenvalue weighted by atomic mass is 10.1. The number of nitrogens with two attached hydrogens (primary N) is 4. The molecule has 0 spiro atoms. The van der Waals surface area contributed by atoms with Gasteiger partial charge in [0.05, 0.1) is 35.3 Å². The van der Waals surface area contributed by atoms with E-state index in [1.54, 1.807) is 18.2 Å². The molecule has 4 aromatic rings. The maximum absolute atomic E-state index is 12.0. The Morgan fingerprint density at radius 3 is 2.16 bits per heavy atom. The molecule has 1 aliphatic heterocycles. The molecule has 0 bridgehead atoms. The van der Waals surface area contributed by atoms with E-state index in [1.807, 2.05) is 21.3 Å². The second kappa shape index (κ2) is 10.1. The van der Waals surface area contributed by atoms with Crippen molar-refractivity contribution < 1.29 is 14.3 Å². The number of ether oxygens (including phenoxy) is 1. The summed E-state index contributed by atoms with van der Waals surface area (Å²) >= 11 is 0. The lowest BCUT2D eigenvalue weighted by molar-refractivity contribution is 0.0343. The average Bonchev–Trinajstić information content (AvgIpc) is 3.36. The van der Waals surface area contributed by atoms with Crippen molar-refractivity contribution in [1.29, 1.82) is 0 Å².